The summed E-state index contributed by atoms with van der Waals surface area (Å²) in [6.07, 6.45) is 3.38. The lowest BCUT2D eigenvalue weighted by atomic mass is 10.4. The third kappa shape index (κ3) is 1.72. The number of ether oxygens (including phenoxy) is 1. The molecule has 0 atom stereocenters. The molecule has 0 saturated heterocycles. The van der Waals surface area contributed by atoms with Gasteiger partial charge in [-0.3, -0.25) is 4.99 Å². The second kappa shape index (κ2) is 2.49. The van der Waals surface area contributed by atoms with E-state index in [1.807, 2.05) is 6.92 Å². The van der Waals surface area contributed by atoms with Crippen LogP contribution in [0.5, 0.6) is 0 Å². The molecule has 1 rings (SSSR count). The highest BCUT2D eigenvalue weighted by Crippen LogP contribution is 2.02. The van der Waals surface area contributed by atoms with Crippen LogP contribution in [0.2, 0.25) is 0 Å². The lowest BCUT2D eigenvalue weighted by molar-refractivity contribution is 0.247. The van der Waals surface area contributed by atoms with Crippen LogP contribution in [0, 0.1) is 0 Å². The van der Waals surface area contributed by atoms with Crippen LogP contribution in [0.15, 0.2) is 29.1 Å². The van der Waals surface area contributed by atoms with Crippen LogP contribution < -0.4 is 0 Å². The fourth-order valence-electron chi connectivity index (χ4n) is 0.529. The molecule has 0 spiro atoms. The first-order valence-corrected chi connectivity index (χ1v) is 2.79. The maximum Gasteiger partial charge on any atom is 0.114 e. The van der Waals surface area contributed by atoms with E-state index in [0.29, 0.717) is 6.61 Å². The Balaban J connectivity index is 2.65. The topological polar surface area (TPSA) is 21.6 Å². The van der Waals surface area contributed by atoms with Crippen LogP contribution in [-0.2, 0) is 4.74 Å². The van der Waals surface area contributed by atoms with E-state index in [-0.39, 0.29) is 0 Å². The summed E-state index contributed by atoms with van der Waals surface area (Å²) in [4.78, 5) is 3.92. The Morgan fingerprint density at radius 2 is 2.56 bits per heavy atom. The standard InChI is InChI=1S/C7H9NO/c1-6-3-8-4-7(2)9-5-6/h3-4H,1,5H2,2H3. The summed E-state index contributed by atoms with van der Waals surface area (Å²) in [6.45, 7) is 6.13. The number of hydrogen-bond acceptors (Lipinski definition) is 2. The fourth-order valence-corrected chi connectivity index (χ4v) is 0.529. The van der Waals surface area contributed by atoms with Gasteiger partial charge in [-0.2, -0.15) is 0 Å². The average molecular weight is 123 g/mol. The van der Waals surface area contributed by atoms with Crippen molar-refractivity contribution >= 4 is 6.21 Å². The van der Waals surface area contributed by atoms with E-state index in [2.05, 4.69) is 11.6 Å². The van der Waals surface area contributed by atoms with E-state index in [0.717, 1.165) is 11.3 Å². The first-order valence-electron chi connectivity index (χ1n) is 2.79. The molecule has 0 fully saturated rings. The minimum Gasteiger partial charge on any atom is -0.492 e. The Morgan fingerprint density at radius 3 is 3.33 bits per heavy atom. The molecular weight excluding hydrogens is 114 g/mol. The van der Waals surface area contributed by atoms with Crippen LogP contribution in [0.25, 0.3) is 0 Å². The smallest absolute Gasteiger partial charge is 0.114 e. The monoisotopic (exact) mass is 123 g/mol. The van der Waals surface area contributed by atoms with Crippen LogP contribution >= 0.6 is 0 Å². The van der Waals surface area contributed by atoms with Crippen molar-refractivity contribution in [3.05, 3.63) is 24.1 Å². The van der Waals surface area contributed by atoms with E-state index in [1.165, 1.54) is 0 Å². The molecule has 48 valence electrons. The van der Waals surface area contributed by atoms with Crippen molar-refractivity contribution in [2.45, 2.75) is 6.92 Å². The largest absolute Gasteiger partial charge is 0.492 e. The quantitative estimate of drug-likeness (QED) is 0.478. The van der Waals surface area contributed by atoms with Gasteiger partial charge in [0.2, 0.25) is 0 Å². The first-order chi connectivity index (χ1) is 4.29. The second-order valence-corrected chi connectivity index (χ2v) is 1.96. The van der Waals surface area contributed by atoms with Crippen LogP contribution in [0.1, 0.15) is 6.92 Å². The highest BCUT2D eigenvalue weighted by Gasteiger charge is 1.95. The number of aliphatic imine (C=N–C) groups is 1. The maximum atomic E-state index is 5.15. The third-order valence-electron chi connectivity index (χ3n) is 0.999. The van der Waals surface area contributed by atoms with Gasteiger partial charge >= 0.3 is 0 Å². The average Bonchev–Trinajstić information content (AvgIpc) is 1.97. The molecule has 0 bridgehead atoms. The molecule has 0 aliphatic carbocycles. The van der Waals surface area contributed by atoms with Gasteiger partial charge in [0.05, 0.1) is 6.20 Å². The van der Waals surface area contributed by atoms with Gasteiger partial charge in [0, 0.05) is 11.8 Å². The Hall–Kier alpha value is -1.05. The third-order valence-corrected chi connectivity index (χ3v) is 0.999. The van der Waals surface area contributed by atoms with E-state index >= 15 is 0 Å². The van der Waals surface area contributed by atoms with Gasteiger partial charge in [0.25, 0.3) is 0 Å². The first kappa shape index (κ1) is 6.08. The molecule has 1 aliphatic rings. The summed E-state index contributed by atoms with van der Waals surface area (Å²) >= 11 is 0. The molecule has 1 aliphatic heterocycles. The van der Waals surface area contributed by atoms with Crippen LogP contribution in [0.3, 0.4) is 0 Å². The normalized spacial score (nSPS) is 18.3. The van der Waals surface area contributed by atoms with Crippen molar-refractivity contribution < 1.29 is 4.74 Å². The van der Waals surface area contributed by atoms with Gasteiger partial charge in [0.15, 0.2) is 0 Å². The molecular formula is C7H9NO. The Labute approximate surface area is 54.6 Å². The van der Waals surface area contributed by atoms with Crippen molar-refractivity contribution in [3.8, 4) is 0 Å². The van der Waals surface area contributed by atoms with Gasteiger partial charge < -0.3 is 4.74 Å². The van der Waals surface area contributed by atoms with Gasteiger partial charge in [-0.05, 0) is 6.92 Å². The summed E-state index contributed by atoms with van der Waals surface area (Å²) in [5.41, 5.74) is 0.906. The summed E-state index contributed by atoms with van der Waals surface area (Å²) < 4.78 is 5.15. The fraction of sp³-hybridized carbons (Fsp3) is 0.286. The molecule has 0 aromatic rings. The second-order valence-electron chi connectivity index (χ2n) is 1.96. The van der Waals surface area contributed by atoms with Crippen molar-refractivity contribution in [1.29, 1.82) is 0 Å². The highest BCUT2D eigenvalue weighted by molar-refractivity contribution is 5.78. The number of rotatable bonds is 0. The van der Waals surface area contributed by atoms with Gasteiger partial charge in [-0.15, -0.1) is 0 Å². The molecule has 0 aromatic heterocycles. The summed E-state index contributed by atoms with van der Waals surface area (Å²) in [5.74, 6) is 0.838. The predicted octanol–water partition coefficient (Wildman–Crippen LogP) is 1.50. The molecule has 0 aromatic carbocycles. The minimum absolute atomic E-state index is 0.561. The Morgan fingerprint density at radius 1 is 1.78 bits per heavy atom. The maximum absolute atomic E-state index is 5.15. The molecule has 2 nitrogen and oxygen atoms in total. The molecule has 0 radical (unpaired) electrons. The van der Waals surface area contributed by atoms with Crippen molar-refractivity contribution in [2.75, 3.05) is 6.61 Å². The molecule has 2 heteroatoms. The highest BCUT2D eigenvalue weighted by atomic mass is 16.5. The molecule has 9 heavy (non-hydrogen) atoms. The van der Waals surface area contributed by atoms with E-state index in [4.69, 9.17) is 4.74 Å². The van der Waals surface area contributed by atoms with Crippen LogP contribution in [0.4, 0.5) is 0 Å². The van der Waals surface area contributed by atoms with E-state index < -0.39 is 0 Å². The van der Waals surface area contributed by atoms with Crippen LogP contribution in [-0.4, -0.2) is 12.8 Å². The Bertz CT molecular complexity index is 179. The summed E-state index contributed by atoms with van der Waals surface area (Å²) in [5, 5.41) is 0. The molecule has 0 amide bonds. The van der Waals surface area contributed by atoms with Gasteiger partial charge in [0.1, 0.15) is 12.4 Å². The summed E-state index contributed by atoms with van der Waals surface area (Å²) in [6, 6.07) is 0. The zero-order chi connectivity index (χ0) is 6.69. The van der Waals surface area contributed by atoms with Crippen molar-refractivity contribution in [2.24, 2.45) is 4.99 Å². The predicted molar refractivity (Wildman–Crippen MR) is 37.3 cm³/mol. The molecule has 0 N–H and O–H groups in total. The molecule has 0 unspecified atom stereocenters. The van der Waals surface area contributed by atoms with Crippen molar-refractivity contribution in [1.82, 2.24) is 0 Å². The number of nitrogens with zero attached hydrogens (tertiary/aromatic N) is 1. The summed E-state index contributed by atoms with van der Waals surface area (Å²) in [7, 11) is 0. The number of hydrogen-bond donors (Lipinski definition) is 0. The lowest BCUT2D eigenvalue weighted by Crippen LogP contribution is -1.92. The Kier molecular flexibility index (Phi) is 1.68. The SMILES string of the molecule is C=C1C=NC=C(C)OC1. The van der Waals surface area contributed by atoms with E-state index in [1.54, 1.807) is 12.4 Å². The molecule has 1 heterocycles. The number of allylic oxidation sites excluding steroid dienone is 1. The van der Waals surface area contributed by atoms with Gasteiger partial charge in [-0.1, -0.05) is 6.58 Å². The van der Waals surface area contributed by atoms with Gasteiger partial charge in [-0.25, -0.2) is 0 Å². The van der Waals surface area contributed by atoms with E-state index in [9.17, 15) is 0 Å². The van der Waals surface area contributed by atoms with Crippen molar-refractivity contribution in [3.63, 3.8) is 0 Å². The zero-order valence-corrected chi connectivity index (χ0v) is 5.42. The lowest BCUT2D eigenvalue weighted by Gasteiger charge is -1.99. The zero-order valence-electron chi connectivity index (χ0n) is 5.42. The molecule has 0 saturated carbocycles. The minimum atomic E-state index is 0.561.